The number of nitrogens with zero attached hydrogens (tertiary/aromatic N) is 1. The van der Waals surface area contributed by atoms with Crippen LogP contribution in [0.4, 0.5) is 4.79 Å². The van der Waals surface area contributed by atoms with Crippen molar-refractivity contribution in [3.8, 4) is 0 Å². The zero-order chi connectivity index (χ0) is 67.3. The summed E-state index contributed by atoms with van der Waals surface area (Å²) in [4.78, 5) is 70.8. The number of ketones is 2. The van der Waals surface area contributed by atoms with Crippen LogP contribution in [-0.2, 0) is 76.0 Å². The fourth-order valence-corrected chi connectivity index (χ4v) is 11.8. The van der Waals surface area contributed by atoms with Crippen molar-refractivity contribution in [2.45, 2.75) is 200 Å². The smallest absolute Gasteiger partial charge is 0.407 e. The van der Waals surface area contributed by atoms with Crippen LogP contribution in [0.3, 0.4) is 0 Å². The number of esters is 1. The van der Waals surface area contributed by atoms with E-state index in [2.05, 4.69) is 11.9 Å². The molecule has 23 heteroatoms. The number of carbonyl (C=O) groups excluding carboxylic acids is 5. The second kappa shape index (κ2) is 45.3. The molecule has 0 spiro atoms. The minimum absolute atomic E-state index is 0.00609. The van der Waals surface area contributed by atoms with Gasteiger partial charge in [-0.2, -0.15) is 0 Å². The van der Waals surface area contributed by atoms with E-state index in [-0.39, 0.29) is 56.1 Å². The number of aliphatic hydroxyl groups is 4. The quantitative estimate of drug-likeness (QED) is 0.0137. The standard InChI is InChI=1S/C68H116N2O21/c1-13-16-19-46(4)40-50(8)61(72)63(74)62(73)51(9)41-48(6)56(71)45-59(89-66(77)55-20-17-18-26-70(55)65(76)64(75)68(79)52(10)21-23-54(91-68)44-58(80-11)47(5)14-2)49(7)42-53-22-24-57(60(43-53)81-12)90-67(78)69-25-27-83-30-31-85-34-35-87-38-39-88-37-36-86-33-32-84-29-28-82-15-3/h13-14,16,19,41,46,48-50,52-60,62-63,71,73-74,79H,1,15,17-18,20-40,42-45H2,2-12H3,(H,69,78)/b19-16+,47-14+,51-41+/t46?,48?,49-,50-,52-,53+,54+,55+,56-,57-,58+,59?,60-,62-,63+,68-/m1/s1. The van der Waals surface area contributed by atoms with Crippen molar-refractivity contribution in [2.24, 2.45) is 35.5 Å². The van der Waals surface area contributed by atoms with E-state index in [0.717, 1.165) is 5.57 Å². The predicted molar refractivity (Wildman–Crippen MR) is 342 cm³/mol. The van der Waals surface area contributed by atoms with Gasteiger partial charge in [0.25, 0.3) is 11.7 Å². The Hall–Kier alpha value is -4.05. The van der Waals surface area contributed by atoms with Gasteiger partial charge in [0.15, 0.2) is 5.78 Å². The molecule has 2 saturated heterocycles. The molecule has 0 aromatic carbocycles. The average Bonchev–Trinajstić information content (AvgIpc) is 0.815. The molecule has 3 fully saturated rings. The summed E-state index contributed by atoms with van der Waals surface area (Å²) in [5, 5.41) is 48.9. The summed E-state index contributed by atoms with van der Waals surface area (Å²) in [6.07, 6.45) is 6.00. The number of hydrogen-bond donors (Lipinski definition) is 5. The average molecular weight is 1300 g/mol. The minimum atomic E-state index is -2.44. The third kappa shape index (κ3) is 29.2. The van der Waals surface area contributed by atoms with Gasteiger partial charge < -0.3 is 87.5 Å². The number of rotatable bonds is 47. The molecule has 16 atom stereocenters. The lowest BCUT2D eigenvalue weighted by Gasteiger charge is -2.43. The number of allylic oxidation sites excluding steroid dienone is 4. The predicted octanol–water partition coefficient (Wildman–Crippen LogP) is 6.82. The summed E-state index contributed by atoms with van der Waals surface area (Å²) in [7, 11) is 3.13. The Kier molecular flexibility index (Phi) is 40.5. The van der Waals surface area contributed by atoms with Crippen molar-refractivity contribution >= 4 is 29.5 Å². The van der Waals surface area contributed by atoms with Crippen molar-refractivity contribution in [1.29, 1.82) is 0 Å². The Balaban J connectivity index is 1.62. The topological polar surface area (TPSA) is 292 Å². The molecule has 0 aromatic rings. The highest BCUT2D eigenvalue weighted by atomic mass is 16.6. The van der Waals surface area contributed by atoms with Gasteiger partial charge in [0.05, 0.1) is 110 Å². The number of hydrogen-bond acceptors (Lipinski definition) is 21. The Morgan fingerprint density at radius 1 is 0.736 bits per heavy atom. The van der Waals surface area contributed by atoms with E-state index < -0.39 is 108 Å². The summed E-state index contributed by atoms with van der Waals surface area (Å²) in [6, 6.07) is -1.18. The molecule has 23 nitrogen and oxygen atoms in total. The second-order valence-electron chi connectivity index (χ2n) is 24.7. The lowest BCUT2D eigenvalue weighted by atomic mass is 9.78. The maximum absolute atomic E-state index is 14.7. The normalized spacial score (nSPS) is 24.8. The highest BCUT2D eigenvalue weighted by Crippen LogP contribution is 2.38. The molecule has 2 aliphatic heterocycles. The van der Waals surface area contributed by atoms with Crippen LogP contribution in [0.5, 0.6) is 0 Å². The number of piperidine rings is 1. The molecule has 3 unspecified atom stereocenters. The van der Waals surface area contributed by atoms with Gasteiger partial charge in [-0.3, -0.25) is 14.4 Å². The van der Waals surface area contributed by atoms with Crippen molar-refractivity contribution in [3.63, 3.8) is 0 Å². The molecular weight excluding hydrogens is 1180 g/mol. The van der Waals surface area contributed by atoms with Crippen LogP contribution in [0.25, 0.3) is 0 Å². The maximum Gasteiger partial charge on any atom is 0.407 e. The van der Waals surface area contributed by atoms with E-state index in [1.54, 1.807) is 60.1 Å². The number of nitrogens with one attached hydrogen (secondary N) is 1. The number of carbonyl (C=O) groups is 5. The van der Waals surface area contributed by atoms with Crippen LogP contribution in [0.2, 0.25) is 0 Å². The van der Waals surface area contributed by atoms with E-state index in [4.69, 9.17) is 56.8 Å². The first-order valence-electron chi connectivity index (χ1n) is 33.2. The van der Waals surface area contributed by atoms with E-state index in [0.29, 0.717) is 150 Å². The molecule has 1 aliphatic carbocycles. The second-order valence-corrected chi connectivity index (χ2v) is 24.7. The summed E-state index contributed by atoms with van der Waals surface area (Å²) in [6.45, 7) is 26.5. The number of methoxy groups -OCH3 is 2. The van der Waals surface area contributed by atoms with Crippen LogP contribution in [0.15, 0.2) is 48.1 Å². The number of Topliss-reactive ketones (excluding diaryl/α,β-unsaturated/α-hetero) is 2. The molecule has 3 rings (SSSR count). The number of ether oxygens (including phenoxy) is 12. The summed E-state index contributed by atoms with van der Waals surface area (Å²) < 4.78 is 68.2. The molecular formula is C68H116N2O21. The maximum atomic E-state index is 14.7. The first-order valence-corrected chi connectivity index (χ1v) is 33.2. The molecule has 1 saturated carbocycles. The minimum Gasteiger partial charge on any atom is -0.460 e. The van der Waals surface area contributed by atoms with Crippen LogP contribution >= 0.6 is 0 Å². The fraction of sp³-hybridized carbons (Fsp3) is 0.809. The zero-order valence-electron chi connectivity index (χ0n) is 56.7. The molecule has 91 heavy (non-hydrogen) atoms. The van der Waals surface area contributed by atoms with Gasteiger partial charge in [-0.25, -0.2) is 9.59 Å². The SMILES string of the molecule is C=C/C=C/C(C)C[C@@H](C)C(=O)[C@H](O)[C@H](O)/C(C)=C/C(C)[C@H](O)CC(OC(=O)[C@@H]1CCCCN1C(=O)C(=O)[C@]1(O)O[C@H](C[C@H](OC)/C(C)=C/C)CC[C@H]1C)[C@H](C)C[C@@H]1CC[C@@H](OC(=O)NCCOCCOCCOCCOCCOCCOCCOCC)[C@H](OC)C1. The third-order valence-corrected chi connectivity index (χ3v) is 17.6. The molecule has 2 amide bonds. The van der Waals surface area contributed by atoms with Crippen molar-refractivity contribution < 1.29 is 101 Å². The monoisotopic (exact) mass is 1300 g/mol. The molecule has 0 radical (unpaired) electrons. The highest BCUT2D eigenvalue weighted by Gasteiger charge is 2.53. The summed E-state index contributed by atoms with van der Waals surface area (Å²) in [5.74, 6) is -8.24. The van der Waals surface area contributed by atoms with Crippen LogP contribution in [0.1, 0.15) is 139 Å². The summed E-state index contributed by atoms with van der Waals surface area (Å²) in [5.41, 5.74) is 1.23. The van der Waals surface area contributed by atoms with E-state index in [9.17, 15) is 44.4 Å². The third-order valence-electron chi connectivity index (χ3n) is 17.6. The first kappa shape index (κ1) is 81.2. The largest absolute Gasteiger partial charge is 0.460 e. The lowest BCUT2D eigenvalue weighted by molar-refractivity contribution is -0.265. The lowest BCUT2D eigenvalue weighted by Crippen LogP contribution is -2.61. The van der Waals surface area contributed by atoms with Crippen molar-refractivity contribution in [3.05, 3.63) is 48.1 Å². The molecule has 2 heterocycles. The van der Waals surface area contributed by atoms with Crippen LogP contribution < -0.4 is 5.32 Å². The molecule has 0 bridgehead atoms. The van der Waals surface area contributed by atoms with Gasteiger partial charge >= 0.3 is 12.1 Å². The van der Waals surface area contributed by atoms with E-state index in [1.165, 1.54) is 4.90 Å². The van der Waals surface area contributed by atoms with Gasteiger partial charge in [0.2, 0.25) is 5.79 Å². The molecule has 3 aliphatic rings. The Bertz CT molecular complexity index is 2200. The van der Waals surface area contributed by atoms with Crippen LogP contribution in [0, 0.1) is 35.5 Å². The number of alkyl carbamates (subject to hydrolysis) is 1. The number of likely N-dealkylation sites (tertiary alicyclic amines) is 1. The molecule has 524 valence electrons. The zero-order valence-corrected chi connectivity index (χ0v) is 56.7. The highest BCUT2D eigenvalue weighted by molar-refractivity contribution is 6.39. The summed E-state index contributed by atoms with van der Waals surface area (Å²) >= 11 is 0. The van der Waals surface area contributed by atoms with E-state index in [1.807, 2.05) is 46.8 Å². The van der Waals surface area contributed by atoms with Crippen LogP contribution in [-0.4, -0.2) is 235 Å². The van der Waals surface area contributed by atoms with Gasteiger partial charge in [0.1, 0.15) is 30.5 Å². The number of amides is 2. The number of aliphatic hydroxyl groups excluding tert-OH is 3. The Labute approximate surface area is 542 Å². The van der Waals surface area contributed by atoms with Gasteiger partial charge in [0, 0.05) is 64.5 Å². The van der Waals surface area contributed by atoms with Gasteiger partial charge in [-0.15, -0.1) is 0 Å². The van der Waals surface area contributed by atoms with E-state index >= 15 is 0 Å². The fourth-order valence-electron chi connectivity index (χ4n) is 11.8. The van der Waals surface area contributed by atoms with Gasteiger partial charge in [-0.05, 0) is 121 Å². The first-order chi connectivity index (χ1) is 43.6. The van der Waals surface area contributed by atoms with Gasteiger partial charge in [-0.1, -0.05) is 71.6 Å². The molecule has 5 N–H and O–H groups in total. The molecule has 0 aromatic heterocycles. The Morgan fingerprint density at radius 2 is 1.33 bits per heavy atom. The van der Waals surface area contributed by atoms with Crippen molar-refractivity contribution in [1.82, 2.24) is 10.2 Å². The Morgan fingerprint density at radius 3 is 1.89 bits per heavy atom. The van der Waals surface area contributed by atoms with Crippen molar-refractivity contribution in [2.75, 3.05) is 120 Å².